The predicted molar refractivity (Wildman–Crippen MR) is 282 cm³/mol. The number of anilines is 11. The van der Waals surface area contributed by atoms with Gasteiger partial charge >= 0.3 is 0 Å². The second-order valence-corrected chi connectivity index (χ2v) is 18.3. The molecule has 1 fully saturated rings. The van der Waals surface area contributed by atoms with Gasteiger partial charge in [0.05, 0.1) is 5.69 Å². The first-order valence-electron chi connectivity index (χ1n) is 23.3. The smallest absolute Gasteiger partial charge is 0.0505 e. The Hall–Kier alpha value is -8.34. The molecule has 67 heavy (non-hydrogen) atoms. The first-order valence-corrected chi connectivity index (χ1v) is 23.3. The molecule has 0 radical (unpaired) electrons. The maximum Gasteiger partial charge on any atom is 0.0505 e. The lowest BCUT2D eigenvalue weighted by atomic mass is 9.74. The van der Waals surface area contributed by atoms with Crippen molar-refractivity contribution in [1.82, 2.24) is 0 Å². The van der Waals surface area contributed by atoms with Crippen molar-refractivity contribution in [2.75, 3.05) is 20.0 Å². The standard InChI is InChI=1S/C63H50N4/c1-62(2)61-54(34-21-35-60(61)67(50-30-17-7-18-31-50)51-32-19-8-20-33-51)57-43-55(58-44-63(57,58)62)56-42-53(66(48-26-13-5-14-27-48)49-28-15-6-16-29-49)40-41-59(56)64-45-36-38-52(39-37-45)65(46-22-9-3-10-23-46)47-24-11-4-12-25-47/h3-43,64H,44H2,1-2H3/t63-/m1/s1. The molecule has 3 aliphatic rings. The lowest BCUT2D eigenvalue weighted by molar-refractivity contribution is 0.414. The molecule has 0 heterocycles. The van der Waals surface area contributed by atoms with Crippen LogP contribution in [0.2, 0.25) is 0 Å². The largest absolute Gasteiger partial charge is 0.355 e. The third-order valence-electron chi connectivity index (χ3n) is 14.2. The number of benzene rings is 9. The van der Waals surface area contributed by atoms with Crippen LogP contribution in [0, 0.1) is 5.41 Å². The van der Waals surface area contributed by atoms with Gasteiger partial charge in [0.1, 0.15) is 0 Å². The highest BCUT2D eigenvalue weighted by atomic mass is 15.2. The lowest BCUT2D eigenvalue weighted by Crippen LogP contribution is -2.27. The number of nitrogens with one attached hydrogen (secondary N) is 1. The van der Waals surface area contributed by atoms with E-state index in [1.54, 1.807) is 0 Å². The molecule has 0 aliphatic heterocycles. The molecule has 3 aliphatic carbocycles. The Kier molecular flexibility index (Phi) is 9.76. The molecule has 1 atom stereocenters. The van der Waals surface area contributed by atoms with Crippen LogP contribution in [0.15, 0.2) is 254 Å². The van der Waals surface area contributed by atoms with Crippen LogP contribution in [-0.2, 0) is 5.41 Å². The third kappa shape index (κ3) is 6.75. The number of hydrogen-bond acceptors (Lipinski definition) is 4. The number of nitrogens with zero attached hydrogens (tertiary/aromatic N) is 3. The molecular weight excluding hydrogens is 813 g/mol. The first kappa shape index (κ1) is 40.2. The Balaban J connectivity index is 0.984. The number of rotatable bonds is 12. The van der Waals surface area contributed by atoms with Gasteiger partial charge < -0.3 is 20.0 Å². The lowest BCUT2D eigenvalue weighted by Gasteiger charge is -2.34. The minimum absolute atomic E-state index is 0.0916. The summed E-state index contributed by atoms with van der Waals surface area (Å²) in [5, 5.41) is 3.94. The van der Waals surface area contributed by atoms with Crippen LogP contribution in [0.4, 0.5) is 62.6 Å². The summed E-state index contributed by atoms with van der Waals surface area (Å²) in [6.07, 6.45) is 3.56. The van der Waals surface area contributed by atoms with Crippen molar-refractivity contribution < 1.29 is 0 Å². The van der Waals surface area contributed by atoms with Gasteiger partial charge in [0.15, 0.2) is 0 Å². The molecular formula is C63H50N4. The van der Waals surface area contributed by atoms with E-state index < -0.39 is 0 Å². The zero-order valence-electron chi connectivity index (χ0n) is 37.7. The summed E-state index contributed by atoms with van der Waals surface area (Å²) in [4.78, 5) is 7.12. The van der Waals surface area contributed by atoms with Crippen LogP contribution in [0.1, 0.15) is 37.0 Å². The predicted octanol–water partition coefficient (Wildman–Crippen LogP) is 17.4. The Morgan fingerprint density at radius 3 is 1.28 bits per heavy atom. The summed E-state index contributed by atoms with van der Waals surface area (Å²) in [5.74, 6) is 0. The number of hydrogen-bond donors (Lipinski definition) is 1. The maximum atomic E-state index is 3.94. The van der Waals surface area contributed by atoms with E-state index in [2.05, 4.69) is 283 Å². The summed E-state index contributed by atoms with van der Waals surface area (Å²) in [6.45, 7) is 4.97. The average Bonchev–Trinajstić information content (AvgIpc) is 4.00. The summed E-state index contributed by atoms with van der Waals surface area (Å²) in [6, 6.07) is 87.0. The molecule has 12 rings (SSSR count). The Morgan fingerprint density at radius 2 is 0.806 bits per heavy atom. The fraction of sp³-hybridized carbons (Fsp3) is 0.0794. The summed E-state index contributed by atoms with van der Waals surface area (Å²) >= 11 is 0. The van der Waals surface area contributed by atoms with Crippen molar-refractivity contribution in [2.45, 2.75) is 25.7 Å². The summed E-state index contributed by atoms with van der Waals surface area (Å²) in [7, 11) is 0. The molecule has 0 bridgehead atoms. The second kappa shape index (κ2) is 16.3. The molecule has 9 aromatic carbocycles. The quantitative estimate of drug-likeness (QED) is 0.132. The van der Waals surface area contributed by atoms with Gasteiger partial charge in [0.2, 0.25) is 0 Å². The van der Waals surface area contributed by atoms with Crippen molar-refractivity contribution in [1.29, 1.82) is 0 Å². The molecule has 1 N–H and O–H groups in total. The van der Waals surface area contributed by atoms with E-state index in [0.717, 1.165) is 63.3 Å². The average molecular weight is 863 g/mol. The summed E-state index contributed by atoms with van der Waals surface area (Å²) in [5.41, 5.74) is 20.3. The highest BCUT2D eigenvalue weighted by molar-refractivity contribution is 6.08. The SMILES string of the molecule is CC1(C)c2c(cccc2N(c2ccccc2)c2ccccc2)C2=CC(c3cc(N(c4ccccc4)c4ccccc4)ccc3Nc3ccc(N(c4ccccc4)c4ccccc4)cc3)=C3C[C@@]231. The van der Waals surface area contributed by atoms with E-state index in [0.29, 0.717) is 0 Å². The van der Waals surface area contributed by atoms with Crippen LogP contribution in [0.3, 0.4) is 0 Å². The molecule has 322 valence electrons. The van der Waals surface area contributed by atoms with Gasteiger partial charge in [-0.15, -0.1) is 0 Å². The van der Waals surface area contributed by atoms with Gasteiger partial charge in [-0.2, -0.15) is 0 Å². The van der Waals surface area contributed by atoms with Crippen LogP contribution in [0.25, 0.3) is 11.1 Å². The molecule has 1 saturated carbocycles. The van der Waals surface area contributed by atoms with E-state index in [4.69, 9.17) is 0 Å². The molecule has 0 saturated heterocycles. The molecule has 0 amide bonds. The number of para-hydroxylation sites is 6. The molecule has 1 spiro atoms. The van der Waals surface area contributed by atoms with Crippen LogP contribution in [0.5, 0.6) is 0 Å². The molecule has 0 unspecified atom stereocenters. The maximum absolute atomic E-state index is 3.94. The highest BCUT2D eigenvalue weighted by Crippen LogP contribution is 2.80. The van der Waals surface area contributed by atoms with Crippen molar-refractivity contribution in [3.8, 4) is 0 Å². The minimum atomic E-state index is -0.172. The van der Waals surface area contributed by atoms with Crippen LogP contribution >= 0.6 is 0 Å². The molecule has 9 aromatic rings. The van der Waals surface area contributed by atoms with E-state index in [-0.39, 0.29) is 10.8 Å². The van der Waals surface area contributed by atoms with E-state index in [9.17, 15) is 0 Å². The second-order valence-electron chi connectivity index (χ2n) is 18.3. The van der Waals surface area contributed by atoms with Crippen LogP contribution in [-0.4, -0.2) is 0 Å². The van der Waals surface area contributed by atoms with Gasteiger partial charge in [-0.3, -0.25) is 0 Å². The molecule has 4 nitrogen and oxygen atoms in total. The summed E-state index contributed by atoms with van der Waals surface area (Å²) < 4.78 is 0. The van der Waals surface area contributed by atoms with E-state index in [1.165, 1.54) is 39.1 Å². The topological polar surface area (TPSA) is 21.8 Å². The highest BCUT2D eigenvalue weighted by Gasteiger charge is 2.69. The third-order valence-corrected chi connectivity index (χ3v) is 14.2. The van der Waals surface area contributed by atoms with Crippen molar-refractivity contribution in [3.63, 3.8) is 0 Å². The van der Waals surface area contributed by atoms with Gasteiger partial charge in [-0.05, 0) is 162 Å². The van der Waals surface area contributed by atoms with Gasteiger partial charge in [0, 0.05) is 73.3 Å². The van der Waals surface area contributed by atoms with Gasteiger partial charge in [-0.1, -0.05) is 135 Å². The van der Waals surface area contributed by atoms with Gasteiger partial charge in [0.25, 0.3) is 0 Å². The van der Waals surface area contributed by atoms with Gasteiger partial charge in [-0.25, -0.2) is 0 Å². The minimum Gasteiger partial charge on any atom is -0.355 e. The monoisotopic (exact) mass is 862 g/mol. The zero-order chi connectivity index (χ0) is 45.0. The van der Waals surface area contributed by atoms with Crippen molar-refractivity contribution in [2.24, 2.45) is 5.41 Å². The first-order chi connectivity index (χ1) is 33.0. The van der Waals surface area contributed by atoms with Crippen molar-refractivity contribution in [3.05, 3.63) is 271 Å². The Bertz CT molecular complexity index is 3170. The Labute approximate surface area is 394 Å². The number of fused-ring (bicyclic) bond motifs is 2. The van der Waals surface area contributed by atoms with E-state index >= 15 is 0 Å². The fourth-order valence-corrected chi connectivity index (χ4v) is 11.1. The van der Waals surface area contributed by atoms with E-state index in [1.807, 2.05) is 0 Å². The van der Waals surface area contributed by atoms with Crippen molar-refractivity contribution >= 4 is 73.7 Å². The Morgan fingerprint density at radius 1 is 0.388 bits per heavy atom. The number of allylic oxidation sites excluding steroid dienone is 4. The normalized spacial score (nSPS) is 16.1. The van der Waals surface area contributed by atoms with Crippen LogP contribution < -0.4 is 20.0 Å². The molecule has 4 heteroatoms. The molecule has 0 aromatic heterocycles. The zero-order valence-corrected chi connectivity index (χ0v) is 37.7. The fourth-order valence-electron chi connectivity index (χ4n) is 11.1.